The first-order chi connectivity index (χ1) is 15.9. The first-order valence-electron chi connectivity index (χ1n) is 10.3. The van der Waals surface area contributed by atoms with Gasteiger partial charge < -0.3 is 20.1 Å². The summed E-state index contributed by atoms with van der Waals surface area (Å²) in [5.41, 5.74) is 0.985. The zero-order valence-corrected chi connectivity index (χ0v) is 18.2. The van der Waals surface area contributed by atoms with Gasteiger partial charge in [0.15, 0.2) is 24.8 Å². The maximum absolute atomic E-state index is 11.8. The summed E-state index contributed by atoms with van der Waals surface area (Å²) < 4.78 is 10.7. The Labute approximate surface area is 192 Å². The lowest BCUT2D eigenvalue weighted by molar-refractivity contribution is -0.123. The topological polar surface area (TPSA) is 111 Å². The van der Waals surface area contributed by atoms with Crippen molar-refractivity contribution in [2.45, 2.75) is 6.42 Å². The second-order valence-corrected chi connectivity index (χ2v) is 6.82. The molecular formula is C25H26N2O6. The lowest BCUT2D eigenvalue weighted by atomic mass is 10.1. The predicted molar refractivity (Wildman–Crippen MR) is 124 cm³/mol. The highest BCUT2D eigenvalue weighted by atomic mass is 16.5. The Hall–Kier alpha value is -4.20. The Kier molecular flexibility index (Phi) is 10.1. The number of benzene rings is 2. The molecule has 8 nitrogen and oxygen atoms in total. The Morgan fingerprint density at radius 3 is 1.36 bits per heavy atom. The van der Waals surface area contributed by atoms with Crippen LogP contribution in [-0.2, 0) is 9.59 Å². The fourth-order valence-corrected chi connectivity index (χ4v) is 2.61. The van der Waals surface area contributed by atoms with Crippen molar-refractivity contribution in [2.75, 3.05) is 26.3 Å². The molecule has 2 aromatic rings. The molecule has 0 aliphatic rings. The average Bonchev–Trinajstić information content (AvgIpc) is 2.85. The van der Waals surface area contributed by atoms with Gasteiger partial charge >= 0.3 is 0 Å². The van der Waals surface area contributed by atoms with E-state index in [-0.39, 0.29) is 36.6 Å². The minimum atomic E-state index is -0.297. The highest BCUT2D eigenvalue weighted by Crippen LogP contribution is 2.13. The van der Waals surface area contributed by atoms with Gasteiger partial charge in [-0.15, -0.1) is 0 Å². The van der Waals surface area contributed by atoms with Crippen molar-refractivity contribution in [3.63, 3.8) is 0 Å². The van der Waals surface area contributed by atoms with Crippen LogP contribution in [0.2, 0.25) is 0 Å². The smallest absolute Gasteiger partial charge is 0.257 e. The maximum atomic E-state index is 11.8. The molecule has 0 bridgehead atoms. The lowest BCUT2D eigenvalue weighted by Crippen LogP contribution is -2.34. The minimum Gasteiger partial charge on any atom is -0.484 e. The molecule has 0 saturated heterocycles. The van der Waals surface area contributed by atoms with Crippen LogP contribution >= 0.6 is 0 Å². The van der Waals surface area contributed by atoms with Crippen molar-refractivity contribution < 1.29 is 28.7 Å². The van der Waals surface area contributed by atoms with E-state index in [0.717, 1.165) is 0 Å². The van der Waals surface area contributed by atoms with Crippen LogP contribution in [0.3, 0.4) is 0 Å². The van der Waals surface area contributed by atoms with Gasteiger partial charge in [-0.25, -0.2) is 0 Å². The quantitative estimate of drug-likeness (QED) is 0.260. The van der Waals surface area contributed by atoms with Gasteiger partial charge in [-0.05, 0) is 67.1 Å². The fraction of sp³-hybridized carbons (Fsp3) is 0.200. The van der Waals surface area contributed by atoms with E-state index < -0.39 is 0 Å². The number of carbonyl (C=O) groups excluding carboxylic acids is 4. The molecule has 0 fully saturated rings. The van der Waals surface area contributed by atoms with E-state index in [0.29, 0.717) is 42.1 Å². The molecule has 2 rings (SSSR count). The van der Waals surface area contributed by atoms with E-state index in [1.165, 1.54) is 12.2 Å². The molecule has 2 aromatic carbocycles. The van der Waals surface area contributed by atoms with Crippen molar-refractivity contribution in [3.8, 4) is 11.5 Å². The van der Waals surface area contributed by atoms with Crippen molar-refractivity contribution in [3.05, 3.63) is 85.0 Å². The molecule has 0 spiro atoms. The van der Waals surface area contributed by atoms with Gasteiger partial charge in [-0.3, -0.25) is 19.2 Å². The molecule has 0 aliphatic carbocycles. The van der Waals surface area contributed by atoms with Gasteiger partial charge in [0.2, 0.25) is 0 Å². The predicted octanol–water partition coefficient (Wildman–Crippen LogP) is 2.50. The van der Waals surface area contributed by atoms with Crippen molar-refractivity contribution in [1.29, 1.82) is 0 Å². The number of hydrogen-bond donors (Lipinski definition) is 2. The third-order valence-corrected chi connectivity index (χ3v) is 4.39. The van der Waals surface area contributed by atoms with E-state index >= 15 is 0 Å². The van der Waals surface area contributed by atoms with Crippen LogP contribution in [0.4, 0.5) is 0 Å². The van der Waals surface area contributed by atoms with Crippen LogP contribution in [0.25, 0.3) is 0 Å². The fourth-order valence-electron chi connectivity index (χ4n) is 2.61. The van der Waals surface area contributed by atoms with Gasteiger partial charge in [-0.1, -0.05) is 13.2 Å². The van der Waals surface area contributed by atoms with Crippen molar-refractivity contribution in [1.82, 2.24) is 10.6 Å². The summed E-state index contributed by atoms with van der Waals surface area (Å²) in [6, 6.07) is 12.8. The first-order valence-corrected chi connectivity index (χ1v) is 10.3. The summed E-state index contributed by atoms with van der Waals surface area (Å²) >= 11 is 0. The average molecular weight is 450 g/mol. The Morgan fingerprint density at radius 2 is 1.03 bits per heavy atom. The van der Waals surface area contributed by atoms with Crippen molar-refractivity contribution in [2.24, 2.45) is 0 Å². The molecule has 0 radical (unpaired) electrons. The van der Waals surface area contributed by atoms with Gasteiger partial charge in [0.05, 0.1) is 0 Å². The molecule has 0 unspecified atom stereocenters. The second kappa shape index (κ2) is 13.3. The van der Waals surface area contributed by atoms with Crippen LogP contribution < -0.4 is 20.1 Å². The summed E-state index contributed by atoms with van der Waals surface area (Å²) in [5, 5.41) is 5.39. The number of rotatable bonds is 14. The third-order valence-electron chi connectivity index (χ3n) is 4.39. The SMILES string of the molecule is C=CC(=O)c1ccc(OCC(=O)NCCCNC(=O)COc2ccc(C(=O)C=C)cc2)cc1. The third kappa shape index (κ3) is 8.82. The first kappa shape index (κ1) is 25.1. The Balaban J connectivity index is 1.56. The number of hydrogen-bond acceptors (Lipinski definition) is 6. The summed E-state index contributed by atoms with van der Waals surface area (Å²) in [5.74, 6) is -0.0226. The maximum Gasteiger partial charge on any atom is 0.257 e. The van der Waals surface area contributed by atoms with Crippen LogP contribution in [0.5, 0.6) is 11.5 Å². The molecule has 0 aromatic heterocycles. The van der Waals surface area contributed by atoms with Crippen LogP contribution in [-0.4, -0.2) is 49.7 Å². The monoisotopic (exact) mass is 450 g/mol. The normalized spacial score (nSPS) is 9.94. The lowest BCUT2D eigenvalue weighted by Gasteiger charge is -2.09. The molecule has 2 N–H and O–H groups in total. The number of nitrogens with one attached hydrogen (secondary N) is 2. The molecule has 172 valence electrons. The van der Waals surface area contributed by atoms with Gasteiger partial charge in [-0.2, -0.15) is 0 Å². The van der Waals surface area contributed by atoms with E-state index in [1.807, 2.05) is 0 Å². The summed E-state index contributed by atoms with van der Waals surface area (Å²) in [4.78, 5) is 46.6. The van der Waals surface area contributed by atoms with E-state index in [1.54, 1.807) is 48.5 Å². The highest BCUT2D eigenvalue weighted by molar-refractivity contribution is 6.04. The van der Waals surface area contributed by atoms with Crippen LogP contribution in [0.1, 0.15) is 27.1 Å². The zero-order valence-electron chi connectivity index (χ0n) is 18.2. The molecule has 2 amide bonds. The number of carbonyl (C=O) groups is 4. The molecule has 0 aliphatic heterocycles. The summed E-state index contributed by atoms with van der Waals surface area (Å²) in [6.45, 7) is 7.27. The summed E-state index contributed by atoms with van der Waals surface area (Å²) in [7, 11) is 0. The van der Waals surface area contributed by atoms with Crippen molar-refractivity contribution >= 4 is 23.4 Å². The Morgan fingerprint density at radius 1 is 0.667 bits per heavy atom. The van der Waals surface area contributed by atoms with E-state index in [9.17, 15) is 19.2 Å². The van der Waals surface area contributed by atoms with E-state index in [4.69, 9.17) is 9.47 Å². The molecular weight excluding hydrogens is 424 g/mol. The minimum absolute atomic E-state index is 0.161. The number of allylic oxidation sites excluding steroid dienone is 2. The van der Waals surface area contributed by atoms with Crippen LogP contribution in [0.15, 0.2) is 73.8 Å². The largest absolute Gasteiger partial charge is 0.484 e. The number of ether oxygens (including phenoxy) is 2. The van der Waals surface area contributed by atoms with Gasteiger partial charge in [0.1, 0.15) is 11.5 Å². The Bertz CT molecular complexity index is 915. The molecule has 0 saturated carbocycles. The van der Waals surface area contributed by atoms with Gasteiger partial charge in [0.25, 0.3) is 11.8 Å². The second-order valence-electron chi connectivity index (χ2n) is 6.82. The standard InChI is InChI=1S/C25H26N2O6/c1-3-22(28)18-6-10-20(11-7-18)32-16-24(30)26-14-5-15-27-25(31)17-33-21-12-8-19(9-13-21)23(29)4-2/h3-4,6-13H,1-2,5,14-17H2,(H,26,30)(H,27,31). The summed E-state index contributed by atoms with van der Waals surface area (Å²) in [6.07, 6.45) is 2.99. The number of amides is 2. The molecule has 33 heavy (non-hydrogen) atoms. The molecule has 8 heteroatoms. The van der Waals surface area contributed by atoms with E-state index in [2.05, 4.69) is 23.8 Å². The highest BCUT2D eigenvalue weighted by Gasteiger charge is 2.06. The van der Waals surface area contributed by atoms with Crippen LogP contribution in [0, 0.1) is 0 Å². The zero-order chi connectivity index (χ0) is 24.1. The molecule has 0 atom stereocenters. The molecule has 0 heterocycles. The number of ketones is 2. The van der Waals surface area contributed by atoms with Gasteiger partial charge in [0, 0.05) is 24.2 Å².